The van der Waals surface area contributed by atoms with Gasteiger partial charge in [-0.15, -0.1) is 0 Å². The number of hydrogen-bond donors (Lipinski definition) is 0. The van der Waals surface area contributed by atoms with E-state index in [1.807, 2.05) is 6.07 Å². The quantitative estimate of drug-likeness (QED) is 0.512. The minimum absolute atomic E-state index is 0.254. The molecule has 0 amide bonds. The van der Waals surface area contributed by atoms with Gasteiger partial charge in [0.15, 0.2) is 5.16 Å². The van der Waals surface area contributed by atoms with Crippen molar-refractivity contribution >= 4 is 32.8 Å². The van der Waals surface area contributed by atoms with Gasteiger partial charge in [0, 0.05) is 25.4 Å². The minimum Gasteiger partial charge on any atom is -0.379 e. The lowest BCUT2D eigenvalue weighted by atomic mass is 10.2. The number of thioether (sulfide) groups is 1. The molecule has 0 aliphatic carbocycles. The maximum atomic E-state index is 13.1. The van der Waals surface area contributed by atoms with Crippen LogP contribution in [-0.4, -0.2) is 48.6 Å². The summed E-state index contributed by atoms with van der Waals surface area (Å²) in [6.45, 7) is 4.44. The van der Waals surface area contributed by atoms with E-state index in [1.165, 1.54) is 16.4 Å². The van der Waals surface area contributed by atoms with E-state index < -0.39 is 10.0 Å². The zero-order valence-corrected chi connectivity index (χ0v) is 18.4. The lowest BCUT2D eigenvalue weighted by Gasteiger charge is -2.26. The molecule has 30 heavy (non-hydrogen) atoms. The van der Waals surface area contributed by atoms with Gasteiger partial charge in [-0.3, -0.25) is 0 Å². The van der Waals surface area contributed by atoms with Crippen molar-refractivity contribution in [3.05, 3.63) is 53.8 Å². The maximum Gasteiger partial charge on any atom is 0.243 e. The number of benzene rings is 2. The van der Waals surface area contributed by atoms with Gasteiger partial charge in [-0.05, 0) is 42.3 Å². The molecule has 160 valence electrons. The molecule has 0 atom stereocenters. The standard InChI is InChI=1S/C21H24FN3O3S2/c1-2-9-25-20-8-7-18(30(26,27)24-10-12-28-13-11-24)14-19(20)23-21(25)29-15-16-3-5-17(22)6-4-16/h3-8,14H,2,9-13,15H2,1H3. The van der Waals surface area contributed by atoms with Crippen LogP contribution in [0.1, 0.15) is 18.9 Å². The van der Waals surface area contributed by atoms with Gasteiger partial charge in [0.25, 0.3) is 0 Å². The van der Waals surface area contributed by atoms with Crippen LogP contribution < -0.4 is 0 Å². The van der Waals surface area contributed by atoms with Crippen LogP contribution in [0, 0.1) is 5.82 Å². The van der Waals surface area contributed by atoms with E-state index in [0.29, 0.717) is 37.6 Å². The first-order chi connectivity index (χ1) is 14.5. The Hall–Kier alpha value is -1.94. The van der Waals surface area contributed by atoms with Gasteiger partial charge in [-0.25, -0.2) is 17.8 Å². The van der Waals surface area contributed by atoms with Crippen LogP contribution in [0.5, 0.6) is 0 Å². The van der Waals surface area contributed by atoms with E-state index in [9.17, 15) is 12.8 Å². The minimum atomic E-state index is -3.57. The zero-order valence-electron chi connectivity index (χ0n) is 16.8. The highest BCUT2D eigenvalue weighted by molar-refractivity contribution is 7.98. The third-order valence-corrected chi connectivity index (χ3v) is 7.96. The molecule has 1 saturated heterocycles. The molecule has 2 aromatic carbocycles. The lowest BCUT2D eigenvalue weighted by Crippen LogP contribution is -2.40. The van der Waals surface area contributed by atoms with Crippen molar-refractivity contribution in [3.63, 3.8) is 0 Å². The molecule has 0 saturated carbocycles. The van der Waals surface area contributed by atoms with Gasteiger partial charge in [0.2, 0.25) is 10.0 Å². The predicted molar refractivity (Wildman–Crippen MR) is 116 cm³/mol. The Labute approximate surface area is 180 Å². The molecule has 2 heterocycles. The van der Waals surface area contributed by atoms with Crippen LogP contribution in [0.2, 0.25) is 0 Å². The second-order valence-corrected chi connectivity index (χ2v) is 10.0. The SMILES string of the molecule is CCCn1c(SCc2ccc(F)cc2)nc2cc(S(=O)(=O)N3CCOCC3)ccc21. The van der Waals surface area contributed by atoms with Crippen LogP contribution in [0.3, 0.4) is 0 Å². The summed E-state index contributed by atoms with van der Waals surface area (Å²) in [6.07, 6.45) is 0.934. The molecule has 0 spiro atoms. The fourth-order valence-electron chi connectivity index (χ4n) is 3.46. The summed E-state index contributed by atoms with van der Waals surface area (Å²) in [7, 11) is -3.57. The van der Waals surface area contributed by atoms with Crippen LogP contribution in [0.15, 0.2) is 52.5 Å². The molecule has 1 fully saturated rings. The van der Waals surface area contributed by atoms with Crippen molar-refractivity contribution in [2.75, 3.05) is 26.3 Å². The van der Waals surface area contributed by atoms with Crippen molar-refractivity contribution in [3.8, 4) is 0 Å². The lowest BCUT2D eigenvalue weighted by molar-refractivity contribution is 0.0730. The monoisotopic (exact) mass is 449 g/mol. The van der Waals surface area contributed by atoms with Gasteiger partial charge in [0.05, 0.1) is 29.1 Å². The Balaban J connectivity index is 1.64. The highest BCUT2D eigenvalue weighted by Crippen LogP contribution is 2.29. The van der Waals surface area contributed by atoms with Crippen molar-refractivity contribution < 1.29 is 17.5 Å². The number of ether oxygens (including phenoxy) is 1. The Bertz CT molecular complexity index is 1120. The molecule has 0 radical (unpaired) electrons. The highest BCUT2D eigenvalue weighted by atomic mass is 32.2. The maximum absolute atomic E-state index is 13.1. The van der Waals surface area contributed by atoms with Gasteiger partial charge in [0.1, 0.15) is 5.82 Å². The first-order valence-electron chi connectivity index (χ1n) is 9.94. The summed E-state index contributed by atoms with van der Waals surface area (Å²) in [5.74, 6) is 0.405. The molecule has 9 heteroatoms. The fourth-order valence-corrected chi connectivity index (χ4v) is 5.89. The third-order valence-electron chi connectivity index (χ3n) is 5.02. The van der Waals surface area contributed by atoms with Gasteiger partial charge >= 0.3 is 0 Å². The smallest absolute Gasteiger partial charge is 0.243 e. The molecule has 4 rings (SSSR count). The van der Waals surface area contributed by atoms with Crippen molar-refractivity contribution in [2.45, 2.75) is 35.7 Å². The number of rotatable bonds is 7. The average Bonchev–Trinajstić information content (AvgIpc) is 3.11. The van der Waals surface area contributed by atoms with Crippen LogP contribution in [0.25, 0.3) is 11.0 Å². The number of morpholine rings is 1. The van der Waals surface area contributed by atoms with Gasteiger partial charge in [-0.2, -0.15) is 4.31 Å². The van der Waals surface area contributed by atoms with Crippen LogP contribution in [0.4, 0.5) is 4.39 Å². The molecule has 0 unspecified atom stereocenters. The third kappa shape index (κ3) is 4.39. The van der Waals surface area contributed by atoms with E-state index in [4.69, 9.17) is 9.72 Å². The molecule has 1 aliphatic rings. The number of halogens is 1. The molecular weight excluding hydrogens is 425 g/mol. The number of fused-ring (bicyclic) bond motifs is 1. The zero-order chi connectivity index (χ0) is 21.1. The van der Waals surface area contributed by atoms with Gasteiger partial charge < -0.3 is 9.30 Å². The predicted octanol–water partition coefficient (Wildman–Crippen LogP) is 3.90. The number of sulfonamides is 1. The van der Waals surface area contributed by atoms with Crippen molar-refractivity contribution in [1.29, 1.82) is 0 Å². The highest BCUT2D eigenvalue weighted by Gasteiger charge is 2.27. The Morgan fingerprint density at radius 1 is 1.13 bits per heavy atom. The number of nitrogens with zero attached hydrogens (tertiary/aromatic N) is 3. The normalized spacial score (nSPS) is 15.7. The summed E-state index contributed by atoms with van der Waals surface area (Å²) < 4.78 is 48.0. The average molecular weight is 450 g/mol. The summed E-state index contributed by atoms with van der Waals surface area (Å²) in [5, 5.41) is 0.831. The summed E-state index contributed by atoms with van der Waals surface area (Å²) in [6, 6.07) is 11.6. The van der Waals surface area contributed by atoms with Crippen LogP contribution in [-0.2, 0) is 27.1 Å². The van der Waals surface area contributed by atoms with Crippen molar-refractivity contribution in [2.24, 2.45) is 0 Å². The number of imidazole rings is 1. The topological polar surface area (TPSA) is 64.4 Å². The molecular formula is C21H24FN3O3S2. The molecule has 1 aromatic heterocycles. The number of aryl methyl sites for hydroxylation is 1. The van der Waals surface area contributed by atoms with Crippen molar-refractivity contribution in [1.82, 2.24) is 13.9 Å². The summed E-state index contributed by atoms with van der Waals surface area (Å²) in [5.41, 5.74) is 2.59. The Morgan fingerprint density at radius 3 is 2.57 bits per heavy atom. The molecule has 6 nitrogen and oxygen atoms in total. The molecule has 0 bridgehead atoms. The molecule has 0 N–H and O–H groups in total. The summed E-state index contributed by atoms with van der Waals surface area (Å²) in [4.78, 5) is 4.98. The van der Waals surface area contributed by atoms with E-state index in [2.05, 4.69) is 11.5 Å². The second-order valence-electron chi connectivity index (χ2n) is 7.13. The van der Waals surface area contributed by atoms with Crippen LogP contribution >= 0.6 is 11.8 Å². The number of hydrogen-bond acceptors (Lipinski definition) is 5. The summed E-state index contributed by atoms with van der Waals surface area (Å²) >= 11 is 1.57. The second kappa shape index (κ2) is 9.05. The Kier molecular flexibility index (Phi) is 6.43. The fraction of sp³-hybridized carbons (Fsp3) is 0.381. The first-order valence-corrected chi connectivity index (χ1v) is 12.4. The first kappa shape index (κ1) is 21.3. The number of aromatic nitrogens is 2. The van der Waals surface area contributed by atoms with E-state index >= 15 is 0 Å². The van der Waals surface area contributed by atoms with Gasteiger partial charge in [-0.1, -0.05) is 30.8 Å². The van der Waals surface area contributed by atoms with E-state index in [-0.39, 0.29) is 10.7 Å². The van der Waals surface area contributed by atoms with E-state index in [0.717, 1.165) is 29.2 Å². The van der Waals surface area contributed by atoms with E-state index in [1.54, 1.807) is 36.0 Å². The molecule has 1 aliphatic heterocycles. The molecule has 3 aromatic rings. The Morgan fingerprint density at radius 2 is 1.87 bits per heavy atom. The largest absolute Gasteiger partial charge is 0.379 e.